The molecule has 4 heteroatoms. The Hall–Kier alpha value is -0.610. The molecule has 3 N–H and O–H groups in total. The van der Waals surface area contributed by atoms with Crippen molar-refractivity contribution >= 4 is 5.91 Å². The molecule has 106 valence electrons. The van der Waals surface area contributed by atoms with Gasteiger partial charge in [0.2, 0.25) is 5.91 Å². The van der Waals surface area contributed by atoms with E-state index in [0.29, 0.717) is 6.04 Å². The van der Waals surface area contributed by atoms with Crippen LogP contribution in [0.3, 0.4) is 0 Å². The van der Waals surface area contributed by atoms with E-state index in [1.807, 2.05) is 6.92 Å². The Morgan fingerprint density at radius 1 is 1.39 bits per heavy atom. The van der Waals surface area contributed by atoms with Crippen molar-refractivity contribution in [1.29, 1.82) is 0 Å². The normalized spacial score (nSPS) is 18.9. The lowest BCUT2D eigenvalue weighted by atomic mass is 9.89. The van der Waals surface area contributed by atoms with Gasteiger partial charge in [-0.1, -0.05) is 26.7 Å². The van der Waals surface area contributed by atoms with Crippen LogP contribution in [0.15, 0.2) is 0 Å². The highest BCUT2D eigenvalue weighted by molar-refractivity contribution is 5.81. The SMILES string of the molecule is CC(NCC(C)(C)CCO)C(=O)NC1CCCC1. The molecule has 1 saturated carbocycles. The first kappa shape index (κ1) is 15.4. The summed E-state index contributed by atoms with van der Waals surface area (Å²) in [7, 11) is 0. The standard InChI is InChI=1S/C14H28N2O2/c1-11(15-10-14(2,3)8-9-17)13(18)16-12-6-4-5-7-12/h11-12,15,17H,4-10H2,1-3H3,(H,16,18). The summed E-state index contributed by atoms with van der Waals surface area (Å²) in [5.74, 6) is 0.0988. The maximum Gasteiger partial charge on any atom is 0.237 e. The summed E-state index contributed by atoms with van der Waals surface area (Å²) in [4.78, 5) is 12.0. The Morgan fingerprint density at radius 3 is 2.56 bits per heavy atom. The zero-order chi connectivity index (χ0) is 13.6. The van der Waals surface area contributed by atoms with Crippen LogP contribution in [0, 0.1) is 5.41 Å². The third-order valence-corrected chi connectivity index (χ3v) is 3.77. The van der Waals surface area contributed by atoms with Gasteiger partial charge >= 0.3 is 0 Å². The van der Waals surface area contributed by atoms with Gasteiger partial charge in [0.25, 0.3) is 0 Å². The van der Waals surface area contributed by atoms with Gasteiger partial charge in [-0.3, -0.25) is 4.79 Å². The summed E-state index contributed by atoms with van der Waals surface area (Å²) in [6.45, 7) is 7.03. The van der Waals surface area contributed by atoms with Crippen LogP contribution in [0.1, 0.15) is 52.9 Å². The fraction of sp³-hybridized carbons (Fsp3) is 0.929. The molecule has 1 fully saturated rings. The smallest absolute Gasteiger partial charge is 0.237 e. The van der Waals surface area contributed by atoms with Crippen molar-refractivity contribution in [2.24, 2.45) is 5.41 Å². The van der Waals surface area contributed by atoms with Crippen LogP contribution >= 0.6 is 0 Å². The van der Waals surface area contributed by atoms with Crippen molar-refractivity contribution in [2.75, 3.05) is 13.2 Å². The fourth-order valence-corrected chi connectivity index (χ4v) is 2.31. The third kappa shape index (κ3) is 5.36. The van der Waals surface area contributed by atoms with Crippen molar-refractivity contribution in [3.05, 3.63) is 0 Å². The first-order valence-electron chi connectivity index (χ1n) is 7.09. The van der Waals surface area contributed by atoms with Crippen LogP contribution in [0.2, 0.25) is 0 Å². The van der Waals surface area contributed by atoms with E-state index < -0.39 is 0 Å². The molecule has 18 heavy (non-hydrogen) atoms. The highest BCUT2D eigenvalue weighted by Gasteiger charge is 2.23. The molecule has 1 rings (SSSR count). The quantitative estimate of drug-likeness (QED) is 0.646. The van der Waals surface area contributed by atoms with E-state index in [1.54, 1.807) is 0 Å². The highest BCUT2D eigenvalue weighted by Crippen LogP contribution is 2.19. The van der Waals surface area contributed by atoms with E-state index in [0.717, 1.165) is 25.8 Å². The number of amides is 1. The Bertz CT molecular complexity index is 261. The zero-order valence-electron chi connectivity index (χ0n) is 12.0. The average molecular weight is 256 g/mol. The highest BCUT2D eigenvalue weighted by atomic mass is 16.3. The molecule has 0 aromatic heterocycles. The lowest BCUT2D eigenvalue weighted by Gasteiger charge is -2.26. The number of hydrogen-bond acceptors (Lipinski definition) is 3. The molecule has 1 aliphatic rings. The predicted molar refractivity (Wildman–Crippen MR) is 73.3 cm³/mol. The van der Waals surface area contributed by atoms with E-state index in [1.165, 1.54) is 12.8 Å². The first-order chi connectivity index (χ1) is 8.44. The first-order valence-corrected chi connectivity index (χ1v) is 7.09. The Labute approximate surface area is 111 Å². The molecule has 0 aliphatic heterocycles. The second-order valence-electron chi connectivity index (χ2n) is 6.23. The molecular formula is C14H28N2O2. The van der Waals surface area contributed by atoms with Crippen LogP contribution in [-0.2, 0) is 4.79 Å². The molecule has 1 amide bonds. The van der Waals surface area contributed by atoms with Crippen molar-refractivity contribution in [3.8, 4) is 0 Å². The lowest BCUT2D eigenvalue weighted by Crippen LogP contribution is -2.47. The molecule has 4 nitrogen and oxygen atoms in total. The zero-order valence-corrected chi connectivity index (χ0v) is 12.0. The van der Waals surface area contributed by atoms with E-state index in [9.17, 15) is 4.79 Å². The minimum atomic E-state index is -0.163. The lowest BCUT2D eigenvalue weighted by molar-refractivity contribution is -0.123. The van der Waals surface area contributed by atoms with E-state index >= 15 is 0 Å². The van der Waals surface area contributed by atoms with Crippen LogP contribution in [0.5, 0.6) is 0 Å². The van der Waals surface area contributed by atoms with E-state index in [2.05, 4.69) is 24.5 Å². The van der Waals surface area contributed by atoms with Crippen LogP contribution in [-0.4, -0.2) is 36.2 Å². The molecule has 0 bridgehead atoms. The van der Waals surface area contributed by atoms with Crippen molar-refractivity contribution in [2.45, 2.75) is 65.0 Å². The molecule has 0 aromatic rings. The largest absolute Gasteiger partial charge is 0.396 e. The van der Waals surface area contributed by atoms with E-state index in [4.69, 9.17) is 5.11 Å². The third-order valence-electron chi connectivity index (χ3n) is 3.77. The Kier molecular flexibility index (Phi) is 6.09. The minimum Gasteiger partial charge on any atom is -0.396 e. The van der Waals surface area contributed by atoms with Gasteiger partial charge in [0.05, 0.1) is 6.04 Å². The number of carbonyl (C=O) groups is 1. The topological polar surface area (TPSA) is 61.4 Å². The molecular weight excluding hydrogens is 228 g/mol. The minimum absolute atomic E-state index is 0.0245. The molecule has 0 saturated heterocycles. The van der Waals surface area contributed by atoms with Gasteiger partial charge in [0.15, 0.2) is 0 Å². The summed E-state index contributed by atoms with van der Waals surface area (Å²) in [6.07, 6.45) is 5.45. The number of aliphatic hydroxyl groups excluding tert-OH is 1. The Balaban J connectivity index is 2.26. The number of hydrogen-bond donors (Lipinski definition) is 3. The number of carbonyl (C=O) groups excluding carboxylic acids is 1. The summed E-state index contributed by atoms with van der Waals surface area (Å²) in [6, 6.07) is 0.218. The monoisotopic (exact) mass is 256 g/mol. The maximum absolute atomic E-state index is 12.0. The summed E-state index contributed by atoms with van der Waals surface area (Å²) < 4.78 is 0. The molecule has 1 unspecified atom stereocenters. The van der Waals surface area contributed by atoms with Crippen LogP contribution in [0.4, 0.5) is 0 Å². The summed E-state index contributed by atoms with van der Waals surface area (Å²) in [5.41, 5.74) is 0.0245. The van der Waals surface area contributed by atoms with Gasteiger partial charge in [-0.2, -0.15) is 0 Å². The van der Waals surface area contributed by atoms with Gasteiger partial charge in [0.1, 0.15) is 0 Å². The second kappa shape index (κ2) is 7.10. The van der Waals surface area contributed by atoms with Gasteiger partial charge in [-0.25, -0.2) is 0 Å². The average Bonchev–Trinajstić information content (AvgIpc) is 2.78. The van der Waals surface area contributed by atoms with E-state index in [-0.39, 0.29) is 24.0 Å². The molecule has 1 aliphatic carbocycles. The van der Waals surface area contributed by atoms with Crippen LogP contribution in [0.25, 0.3) is 0 Å². The van der Waals surface area contributed by atoms with Gasteiger partial charge in [0, 0.05) is 19.2 Å². The van der Waals surface area contributed by atoms with Crippen LogP contribution < -0.4 is 10.6 Å². The van der Waals surface area contributed by atoms with Gasteiger partial charge < -0.3 is 15.7 Å². The van der Waals surface area contributed by atoms with Crippen molar-refractivity contribution in [1.82, 2.24) is 10.6 Å². The van der Waals surface area contributed by atoms with Crippen molar-refractivity contribution < 1.29 is 9.90 Å². The number of aliphatic hydroxyl groups is 1. The number of rotatable bonds is 7. The summed E-state index contributed by atoms with van der Waals surface area (Å²) in [5, 5.41) is 15.3. The van der Waals surface area contributed by atoms with Crippen molar-refractivity contribution in [3.63, 3.8) is 0 Å². The van der Waals surface area contributed by atoms with Gasteiger partial charge in [-0.05, 0) is 31.6 Å². The maximum atomic E-state index is 12.0. The fourth-order valence-electron chi connectivity index (χ4n) is 2.31. The molecule has 0 spiro atoms. The predicted octanol–water partition coefficient (Wildman–Crippen LogP) is 1.43. The summed E-state index contributed by atoms with van der Waals surface area (Å²) >= 11 is 0. The van der Waals surface area contributed by atoms with Gasteiger partial charge in [-0.15, -0.1) is 0 Å². The molecule has 0 aromatic carbocycles. The number of nitrogens with one attached hydrogen (secondary N) is 2. The molecule has 1 atom stereocenters. The molecule has 0 heterocycles. The Morgan fingerprint density at radius 2 is 2.00 bits per heavy atom. The molecule has 0 radical (unpaired) electrons. The second-order valence-corrected chi connectivity index (χ2v) is 6.23.